The Hall–Kier alpha value is -3.76. The van der Waals surface area contributed by atoms with Gasteiger partial charge in [0.05, 0.1) is 12.2 Å². The third kappa shape index (κ3) is 5.50. The molecule has 0 bridgehead atoms. The van der Waals surface area contributed by atoms with Gasteiger partial charge in [-0.25, -0.2) is 0 Å². The largest absolute Gasteiger partial charge is 0.388 e. The summed E-state index contributed by atoms with van der Waals surface area (Å²) in [6, 6.07) is 13.0. The number of hydrogen-bond acceptors (Lipinski definition) is 7. The van der Waals surface area contributed by atoms with Gasteiger partial charge in [-0.15, -0.1) is 5.11 Å². The zero-order chi connectivity index (χ0) is 24.9. The number of nitrogens with two attached hydrogens (primary N) is 1. The number of nitrogens with one attached hydrogen (secondary N) is 2. The highest BCUT2D eigenvalue weighted by molar-refractivity contribution is 5.99. The van der Waals surface area contributed by atoms with Crippen LogP contribution in [0.1, 0.15) is 35.7 Å². The summed E-state index contributed by atoms with van der Waals surface area (Å²) in [7, 11) is 0. The number of likely N-dealkylation sites (tertiary alicyclic amines) is 1. The Bertz CT molecular complexity index is 1140. The van der Waals surface area contributed by atoms with E-state index < -0.39 is 18.4 Å². The third-order valence-corrected chi connectivity index (χ3v) is 6.16. The predicted octanol–water partition coefficient (Wildman–Crippen LogP) is 1.91. The van der Waals surface area contributed by atoms with Crippen LogP contribution < -0.4 is 16.5 Å². The SMILES string of the molecule is CCCNC(=O)C1=Cc2ccc(-c3ccc(C(=O)N4CC(O)C(O)C4)cc3)cc2NC(N=NN)C1. The zero-order valence-electron chi connectivity index (χ0n) is 19.5. The van der Waals surface area contributed by atoms with Crippen molar-refractivity contribution in [2.45, 2.75) is 38.1 Å². The van der Waals surface area contributed by atoms with E-state index in [0.717, 1.165) is 28.8 Å². The van der Waals surface area contributed by atoms with Crippen LogP contribution in [0.3, 0.4) is 0 Å². The Morgan fingerprint density at radius 2 is 1.80 bits per heavy atom. The van der Waals surface area contributed by atoms with Crippen LogP contribution in [0, 0.1) is 0 Å². The smallest absolute Gasteiger partial charge is 0.254 e. The molecule has 4 rings (SSSR count). The summed E-state index contributed by atoms with van der Waals surface area (Å²) in [6.07, 6.45) is 0.720. The molecule has 35 heavy (non-hydrogen) atoms. The maximum atomic E-state index is 12.7. The van der Waals surface area contributed by atoms with Crippen molar-refractivity contribution in [3.05, 3.63) is 59.2 Å². The van der Waals surface area contributed by atoms with E-state index in [1.54, 1.807) is 12.1 Å². The first kappa shape index (κ1) is 24.4. The highest BCUT2D eigenvalue weighted by Crippen LogP contribution is 2.32. The first-order valence-electron chi connectivity index (χ1n) is 11.6. The molecular weight excluding hydrogens is 448 g/mol. The lowest BCUT2D eigenvalue weighted by Gasteiger charge is -2.16. The molecule has 0 aliphatic carbocycles. The molecule has 0 spiro atoms. The summed E-state index contributed by atoms with van der Waals surface area (Å²) < 4.78 is 0. The number of benzene rings is 2. The first-order valence-corrected chi connectivity index (χ1v) is 11.6. The number of amides is 2. The molecule has 2 aliphatic heterocycles. The quantitative estimate of drug-likeness (QED) is 0.243. The lowest BCUT2D eigenvalue weighted by Crippen LogP contribution is -2.29. The van der Waals surface area contributed by atoms with Crippen LogP contribution in [0.15, 0.2) is 58.4 Å². The van der Waals surface area contributed by atoms with Gasteiger partial charge in [-0.3, -0.25) is 9.59 Å². The lowest BCUT2D eigenvalue weighted by atomic mass is 10.00. The monoisotopic (exact) mass is 478 g/mol. The van der Waals surface area contributed by atoms with Crippen molar-refractivity contribution in [2.24, 2.45) is 16.2 Å². The Kier molecular flexibility index (Phi) is 7.42. The van der Waals surface area contributed by atoms with Gasteiger partial charge in [0, 0.05) is 42.9 Å². The number of hydrogen-bond donors (Lipinski definition) is 5. The highest BCUT2D eigenvalue weighted by atomic mass is 16.3. The Morgan fingerprint density at radius 3 is 2.46 bits per heavy atom. The van der Waals surface area contributed by atoms with E-state index >= 15 is 0 Å². The molecule has 0 radical (unpaired) electrons. The molecule has 6 N–H and O–H groups in total. The third-order valence-electron chi connectivity index (χ3n) is 6.16. The van der Waals surface area contributed by atoms with Gasteiger partial charge in [0.2, 0.25) is 5.91 Å². The summed E-state index contributed by atoms with van der Waals surface area (Å²) in [6.45, 7) is 2.82. The number of anilines is 1. The van der Waals surface area contributed by atoms with Gasteiger partial charge in [0.15, 0.2) is 0 Å². The van der Waals surface area contributed by atoms with Crippen LogP contribution in [-0.2, 0) is 4.79 Å². The molecule has 184 valence electrons. The van der Waals surface area contributed by atoms with E-state index in [1.807, 2.05) is 43.3 Å². The standard InChI is InChI=1S/C25H30N6O4/c1-2-9-27-24(34)19-10-18-8-7-17(11-20(18)28-23(12-19)29-30-26)15-3-5-16(6-4-15)25(35)31-13-21(32)22(33)14-31/h3-8,10-11,21-23,28,32-33H,2,9,12-14H2,1H3,(H2,26,29)(H,27,34). The molecule has 3 unspecified atom stereocenters. The van der Waals surface area contributed by atoms with Crippen molar-refractivity contribution in [3.63, 3.8) is 0 Å². The predicted molar refractivity (Wildman–Crippen MR) is 132 cm³/mol. The highest BCUT2D eigenvalue weighted by Gasteiger charge is 2.32. The molecule has 1 saturated heterocycles. The van der Waals surface area contributed by atoms with E-state index in [0.29, 0.717) is 24.1 Å². The number of aliphatic hydroxyl groups is 2. The topological polar surface area (TPSA) is 153 Å². The maximum absolute atomic E-state index is 12.7. The molecule has 3 atom stereocenters. The lowest BCUT2D eigenvalue weighted by molar-refractivity contribution is -0.117. The number of rotatable bonds is 6. The van der Waals surface area contributed by atoms with Crippen LogP contribution >= 0.6 is 0 Å². The molecule has 1 fully saturated rings. The fourth-order valence-corrected chi connectivity index (χ4v) is 4.26. The van der Waals surface area contributed by atoms with Crippen LogP contribution in [0.25, 0.3) is 17.2 Å². The molecule has 2 heterocycles. The normalized spacial score (nSPS) is 21.7. The minimum atomic E-state index is -0.916. The number of aliphatic hydroxyl groups excluding tert-OH is 2. The molecule has 0 aromatic heterocycles. The van der Waals surface area contributed by atoms with E-state index in [2.05, 4.69) is 21.0 Å². The summed E-state index contributed by atoms with van der Waals surface area (Å²) >= 11 is 0. The Balaban J connectivity index is 1.57. The number of fused-ring (bicyclic) bond motifs is 1. The van der Waals surface area contributed by atoms with Crippen LogP contribution in [0.5, 0.6) is 0 Å². The number of β-amino-alcohol motifs (C(OH)–C–C–N with tert-alkyl or cyclic N) is 2. The minimum absolute atomic E-state index is 0.117. The van der Waals surface area contributed by atoms with Gasteiger partial charge in [0.1, 0.15) is 6.17 Å². The molecule has 2 aliphatic rings. The fraction of sp³-hybridized carbons (Fsp3) is 0.360. The van der Waals surface area contributed by atoms with E-state index in [4.69, 9.17) is 5.84 Å². The van der Waals surface area contributed by atoms with Gasteiger partial charge < -0.3 is 31.6 Å². The zero-order valence-corrected chi connectivity index (χ0v) is 19.5. The van der Waals surface area contributed by atoms with Gasteiger partial charge in [-0.1, -0.05) is 36.4 Å². The molecule has 2 aromatic rings. The second kappa shape index (κ2) is 10.7. The summed E-state index contributed by atoms with van der Waals surface area (Å²) in [5.41, 5.74) is 4.53. The average molecular weight is 479 g/mol. The fourth-order valence-electron chi connectivity index (χ4n) is 4.26. The Labute approximate surface area is 203 Å². The van der Waals surface area contributed by atoms with Crippen molar-refractivity contribution in [1.29, 1.82) is 0 Å². The van der Waals surface area contributed by atoms with Crippen LogP contribution in [-0.4, -0.2) is 64.9 Å². The first-order chi connectivity index (χ1) is 16.9. The summed E-state index contributed by atoms with van der Waals surface area (Å²) in [5, 5.41) is 33.1. The van der Waals surface area contributed by atoms with Crippen LogP contribution in [0.4, 0.5) is 5.69 Å². The van der Waals surface area contributed by atoms with Crippen molar-refractivity contribution >= 4 is 23.6 Å². The van der Waals surface area contributed by atoms with Crippen LogP contribution in [0.2, 0.25) is 0 Å². The molecular formula is C25H30N6O4. The molecule has 0 saturated carbocycles. The molecule has 10 heteroatoms. The van der Waals surface area contributed by atoms with E-state index in [-0.39, 0.29) is 24.9 Å². The molecule has 2 amide bonds. The van der Waals surface area contributed by atoms with E-state index in [1.165, 1.54) is 4.90 Å². The summed E-state index contributed by atoms with van der Waals surface area (Å²) in [4.78, 5) is 26.7. The van der Waals surface area contributed by atoms with Gasteiger partial charge in [0.25, 0.3) is 5.91 Å². The van der Waals surface area contributed by atoms with Crippen molar-refractivity contribution < 1.29 is 19.8 Å². The molecule has 10 nitrogen and oxygen atoms in total. The van der Waals surface area contributed by atoms with E-state index in [9.17, 15) is 19.8 Å². The number of carbonyl (C=O) groups is 2. The van der Waals surface area contributed by atoms with Crippen molar-refractivity contribution in [2.75, 3.05) is 25.0 Å². The maximum Gasteiger partial charge on any atom is 0.254 e. The van der Waals surface area contributed by atoms with Gasteiger partial charge >= 0.3 is 0 Å². The minimum Gasteiger partial charge on any atom is -0.388 e. The second-order valence-electron chi connectivity index (χ2n) is 8.74. The van der Waals surface area contributed by atoms with Crippen molar-refractivity contribution in [3.8, 4) is 11.1 Å². The van der Waals surface area contributed by atoms with Gasteiger partial charge in [-0.2, -0.15) is 0 Å². The summed E-state index contributed by atoms with van der Waals surface area (Å²) in [5.74, 6) is 4.92. The van der Waals surface area contributed by atoms with Crippen molar-refractivity contribution in [1.82, 2.24) is 10.2 Å². The Morgan fingerprint density at radius 1 is 1.11 bits per heavy atom. The average Bonchev–Trinajstić information content (AvgIpc) is 3.09. The molecule has 2 aromatic carbocycles. The van der Waals surface area contributed by atoms with Gasteiger partial charge in [-0.05, 0) is 47.4 Å². The number of carbonyl (C=O) groups excluding carboxylic acids is 2. The number of nitrogens with zero attached hydrogens (tertiary/aromatic N) is 3. The second-order valence-corrected chi connectivity index (χ2v) is 8.74.